The minimum absolute atomic E-state index is 0.0686. The van der Waals surface area contributed by atoms with Gasteiger partial charge < -0.3 is 37.9 Å². The first kappa shape index (κ1) is 46.3. The first-order valence-corrected chi connectivity index (χ1v) is 15.5. The Morgan fingerprint density at radius 2 is 0.543 bits per heavy atom. The molecule has 0 amide bonds. The second-order valence-electron chi connectivity index (χ2n) is 8.51. The van der Waals surface area contributed by atoms with Crippen LogP contribution in [0.15, 0.2) is 0 Å². The zero-order chi connectivity index (χ0) is 35.1. The van der Waals surface area contributed by atoms with Crippen molar-refractivity contribution in [3.63, 3.8) is 0 Å². The van der Waals surface area contributed by atoms with E-state index in [4.69, 9.17) is 56.8 Å². The van der Waals surface area contributed by atoms with Crippen LogP contribution in [-0.4, -0.2) is 136 Å². The molecule has 16 nitrogen and oxygen atoms in total. The largest absolute Gasteiger partial charge is 0.420 e. The van der Waals surface area contributed by atoms with E-state index in [1.54, 1.807) is 27.7 Å². The lowest BCUT2D eigenvalue weighted by Crippen LogP contribution is -2.57. The Morgan fingerprint density at radius 3 is 0.717 bits per heavy atom. The van der Waals surface area contributed by atoms with Crippen LogP contribution in [0, 0.1) is 5.41 Å². The van der Waals surface area contributed by atoms with Crippen molar-refractivity contribution in [3.8, 4) is 0 Å². The molecule has 0 N–H and O–H groups in total. The second-order valence-corrected chi connectivity index (χ2v) is 8.51. The van der Waals surface area contributed by atoms with Crippen molar-refractivity contribution in [2.45, 2.75) is 61.5 Å². The van der Waals surface area contributed by atoms with Gasteiger partial charge in [0.2, 0.25) is 5.41 Å². The molecule has 0 unspecified atom stereocenters. The predicted molar refractivity (Wildman–Crippen MR) is 161 cm³/mol. The Morgan fingerprint density at radius 1 is 0.348 bits per heavy atom. The van der Waals surface area contributed by atoms with Gasteiger partial charge in [-0.05, 0) is 55.4 Å². The average molecular weight is 673 g/mol. The van der Waals surface area contributed by atoms with Gasteiger partial charge in [0.15, 0.2) is 50.3 Å². The maximum atomic E-state index is 12.7. The van der Waals surface area contributed by atoms with E-state index < -0.39 is 61.1 Å². The minimum Gasteiger partial charge on any atom is -0.374 e. The molecule has 0 atom stereocenters. The number of hydrogen-bond donors (Lipinski definition) is 0. The van der Waals surface area contributed by atoms with Gasteiger partial charge in [0, 0.05) is 52.9 Å². The van der Waals surface area contributed by atoms with Gasteiger partial charge in [0.1, 0.15) is 26.4 Å². The van der Waals surface area contributed by atoms with Crippen LogP contribution < -0.4 is 0 Å². The zero-order valence-corrected chi connectivity index (χ0v) is 28.8. The first-order chi connectivity index (χ1) is 22.2. The van der Waals surface area contributed by atoms with Gasteiger partial charge in [0.05, 0.1) is 0 Å². The highest BCUT2D eigenvalue weighted by Crippen LogP contribution is 2.26. The van der Waals surface area contributed by atoms with Gasteiger partial charge in [-0.25, -0.2) is 0 Å². The summed E-state index contributed by atoms with van der Waals surface area (Å²) in [5.41, 5.74) is -2.52. The van der Waals surface area contributed by atoms with E-state index in [9.17, 15) is 19.2 Å². The molecule has 46 heavy (non-hydrogen) atoms. The lowest BCUT2D eigenvalue weighted by molar-refractivity contribution is -0.535. The lowest BCUT2D eigenvalue weighted by Gasteiger charge is -2.31. The fourth-order valence-corrected chi connectivity index (χ4v) is 3.18. The molecular formula is C30H56O16. The predicted octanol–water partition coefficient (Wildman–Crippen LogP) is 2.04. The molecule has 0 aliphatic heterocycles. The van der Waals surface area contributed by atoms with Crippen molar-refractivity contribution in [1.82, 2.24) is 0 Å². The quantitative estimate of drug-likeness (QED) is 0.0575. The summed E-state index contributed by atoms with van der Waals surface area (Å²) >= 11 is 0. The third kappa shape index (κ3) is 18.5. The maximum absolute atomic E-state index is 12.7. The van der Waals surface area contributed by atoms with Crippen molar-refractivity contribution in [3.05, 3.63) is 0 Å². The maximum Gasteiger partial charge on any atom is 0.420 e. The van der Waals surface area contributed by atoms with Crippen molar-refractivity contribution in [1.29, 1.82) is 0 Å². The monoisotopic (exact) mass is 672 g/mol. The fraction of sp³-hybridized carbons (Fsp3) is 0.867. The third-order valence-corrected chi connectivity index (χ3v) is 5.51. The van der Waals surface area contributed by atoms with Crippen LogP contribution >= 0.6 is 0 Å². The number of carbonyl (C=O) groups is 4. The number of Topliss-reactive ketones (excluding diaryl/α,β-unsaturated/α-hetero) is 4. The molecule has 0 saturated heterocycles. The zero-order valence-electron chi connectivity index (χ0n) is 28.8. The van der Waals surface area contributed by atoms with Crippen LogP contribution in [0.1, 0.15) is 55.4 Å². The molecular weight excluding hydrogens is 616 g/mol. The summed E-state index contributed by atoms with van der Waals surface area (Å²) in [7, 11) is 0. The molecule has 0 heterocycles. The second kappa shape index (κ2) is 30.5. The van der Waals surface area contributed by atoms with E-state index in [0.29, 0.717) is 26.4 Å². The number of rotatable bonds is 32. The van der Waals surface area contributed by atoms with Gasteiger partial charge >= 0.3 is 6.16 Å². The molecule has 0 saturated carbocycles. The summed E-state index contributed by atoms with van der Waals surface area (Å²) in [6.07, 6.45) is -1.80. The smallest absolute Gasteiger partial charge is 0.374 e. The van der Waals surface area contributed by atoms with E-state index in [-0.39, 0.29) is 53.6 Å². The van der Waals surface area contributed by atoms with Crippen LogP contribution in [0.3, 0.4) is 0 Å². The highest BCUT2D eigenvalue weighted by Gasteiger charge is 2.57. The van der Waals surface area contributed by atoms with Crippen LogP contribution in [0.2, 0.25) is 0 Å². The molecule has 0 aliphatic rings. The van der Waals surface area contributed by atoms with E-state index in [1.165, 1.54) is 0 Å². The average Bonchev–Trinajstić information content (AvgIpc) is 3.05. The Kier molecular flexibility index (Phi) is 30.7. The lowest BCUT2D eigenvalue weighted by atomic mass is 9.72. The van der Waals surface area contributed by atoms with Crippen LogP contribution in [0.4, 0.5) is 0 Å². The standard InChI is InChI=1S/C17H28O8.C13H28O8/c1-5-22-9-13(18)17(14(19)10-23-6-2,15(20)11-24-7-3)16(21)12-25-8-4;1-5-14-9-18-13(19-10-15-6-2,20-11-16-7-3)21-12-17-8-4/h5-12H2,1-4H3;5-12H2,1-4H3. The first-order valence-electron chi connectivity index (χ1n) is 15.5. The molecule has 0 aromatic carbocycles. The molecule has 16 heteroatoms. The Balaban J connectivity index is 0. The van der Waals surface area contributed by atoms with E-state index >= 15 is 0 Å². The Bertz CT molecular complexity index is 660. The topological polar surface area (TPSA) is 179 Å². The highest BCUT2D eigenvalue weighted by molar-refractivity contribution is 6.39. The van der Waals surface area contributed by atoms with Crippen molar-refractivity contribution < 1.29 is 76.0 Å². The summed E-state index contributed by atoms with van der Waals surface area (Å²) in [5, 5.41) is 0. The van der Waals surface area contributed by atoms with Gasteiger partial charge in [-0.1, -0.05) is 0 Å². The molecule has 0 fully saturated rings. The van der Waals surface area contributed by atoms with Crippen molar-refractivity contribution in [2.75, 3.05) is 106 Å². The van der Waals surface area contributed by atoms with Gasteiger partial charge in [-0.15, -0.1) is 0 Å². The number of hydrogen-bond acceptors (Lipinski definition) is 16. The van der Waals surface area contributed by atoms with E-state index in [0.717, 1.165) is 0 Å². The molecule has 272 valence electrons. The number of carbonyl (C=O) groups excluding carboxylic acids is 4. The Labute approximate surface area is 272 Å². The SMILES string of the molecule is CCOCC(=O)C(C(=O)COCC)(C(=O)COCC)C(=O)COCC.CCOCOC(OCOCC)(OCOCC)OCOCC. The molecule has 0 bridgehead atoms. The third-order valence-electron chi connectivity index (χ3n) is 5.51. The van der Waals surface area contributed by atoms with Gasteiger partial charge in [-0.3, -0.25) is 38.1 Å². The molecule has 0 radical (unpaired) electrons. The number of ether oxygens (including phenoxy) is 12. The molecule has 0 aliphatic carbocycles. The fourth-order valence-electron chi connectivity index (χ4n) is 3.18. The summed E-state index contributed by atoms with van der Waals surface area (Å²) in [6.45, 7) is 14.3. The molecule has 0 aromatic rings. The molecule has 0 aromatic heterocycles. The summed E-state index contributed by atoms with van der Waals surface area (Å²) in [5.74, 6) is -3.69. The minimum atomic E-state index is -2.52. The van der Waals surface area contributed by atoms with Crippen molar-refractivity contribution >= 4 is 23.1 Å². The van der Waals surface area contributed by atoms with Crippen LogP contribution in [0.5, 0.6) is 0 Å². The van der Waals surface area contributed by atoms with E-state index in [2.05, 4.69) is 0 Å². The molecule has 0 rings (SSSR count). The summed E-state index contributed by atoms with van der Waals surface area (Å²) in [6, 6.07) is 0. The van der Waals surface area contributed by atoms with Crippen molar-refractivity contribution in [2.24, 2.45) is 5.41 Å². The van der Waals surface area contributed by atoms with Gasteiger partial charge in [0.25, 0.3) is 0 Å². The Hall–Kier alpha value is -1.80. The number of ketones is 4. The molecule has 0 spiro atoms. The van der Waals surface area contributed by atoms with Crippen LogP contribution in [0.25, 0.3) is 0 Å². The normalized spacial score (nSPS) is 11.7. The van der Waals surface area contributed by atoms with E-state index in [1.807, 2.05) is 27.7 Å². The van der Waals surface area contributed by atoms with Crippen LogP contribution in [-0.2, 0) is 76.0 Å². The summed E-state index contributed by atoms with van der Waals surface area (Å²) in [4.78, 5) is 50.7. The van der Waals surface area contributed by atoms with Gasteiger partial charge in [-0.2, -0.15) is 0 Å². The highest BCUT2D eigenvalue weighted by atomic mass is 17.1. The summed E-state index contributed by atoms with van der Waals surface area (Å²) < 4.78 is 62.2.